The predicted octanol–water partition coefficient (Wildman–Crippen LogP) is 2.56. The van der Waals surface area contributed by atoms with Gasteiger partial charge in [-0.1, -0.05) is 0 Å². The molecule has 1 aromatic heterocycles. The van der Waals surface area contributed by atoms with Crippen LogP contribution >= 0.6 is 0 Å². The summed E-state index contributed by atoms with van der Waals surface area (Å²) in [6.07, 6.45) is 2.86. The van der Waals surface area contributed by atoms with Gasteiger partial charge in [0.25, 0.3) is 5.91 Å². The van der Waals surface area contributed by atoms with Gasteiger partial charge in [-0.15, -0.1) is 0 Å². The molecule has 1 fully saturated rings. The minimum Gasteiger partial charge on any atom is -0.493 e. The molecular weight excluding hydrogens is 336 g/mol. The third kappa shape index (κ3) is 3.24. The number of hydrogen-bond donors (Lipinski definition) is 0. The van der Waals surface area contributed by atoms with Crippen LogP contribution in [-0.4, -0.2) is 50.6 Å². The van der Waals surface area contributed by atoms with Crippen molar-refractivity contribution in [3.8, 4) is 11.5 Å². The minimum absolute atomic E-state index is 0.144. The molecule has 0 radical (unpaired) electrons. The number of furan rings is 1. The normalized spacial score (nSPS) is 16.4. The van der Waals surface area contributed by atoms with E-state index >= 15 is 0 Å². The van der Waals surface area contributed by atoms with Crippen molar-refractivity contribution in [3.63, 3.8) is 0 Å². The second-order valence-corrected chi connectivity index (χ2v) is 6.07. The number of likely N-dealkylation sites (tertiary alicyclic amines) is 1. The average Bonchev–Trinajstić information content (AvgIpc) is 3.37. The summed E-state index contributed by atoms with van der Waals surface area (Å²) in [7, 11) is 4.80. The Balaban J connectivity index is 1.80. The second kappa shape index (κ2) is 7.51. The average molecular weight is 358 g/mol. The molecule has 1 atom stereocenters. The Morgan fingerprint density at radius 2 is 1.96 bits per heavy atom. The van der Waals surface area contributed by atoms with E-state index in [1.807, 2.05) is 0 Å². The largest absolute Gasteiger partial charge is 0.493 e. The Hall–Kier alpha value is -2.96. The lowest BCUT2D eigenvalue weighted by atomic mass is 10.1. The summed E-state index contributed by atoms with van der Waals surface area (Å²) < 4.78 is 15.7. The molecule has 7 heteroatoms. The fourth-order valence-electron chi connectivity index (χ4n) is 3.19. The lowest BCUT2D eigenvalue weighted by Crippen LogP contribution is -2.46. The zero-order valence-corrected chi connectivity index (χ0v) is 15.1. The molecule has 0 spiro atoms. The van der Waals surface area contributed by atoms with E-state index in [0.29, 0.717) is 30.2 Å². The summed E-state index contributed by atoms with van der Waals surface area (Å²) >= 11 is 0. The van der Waals surface area contributed by atoms with Crippen molar-refractivity contribution in [1.29, 1.82) is 0 Å². The van der Waals surface area contributed by atoms with Crippen molar-refractivity contribution < 1.29 is 23.5 Å². The Kier molecular flexibility index (Phi) is 5.16. The van der Waals surface area contributed by atoms with Crippen molar-refractivity contribution >= 4 is 17.5 Å². The van der Waals surface area contributed by atoms with Gasteiger partial charge in [-0.25, -0.2) is 0 Å². The van der Waals surface area contributed by atoms with Gasteiger partial charge in [0.1, 0.15) is 6.04 Å². The minimum atomic E-state index is -0.509. The molecule has 1 unspecified atom stereocenters. The molecule has 2 heterocycles. The number of benzene rings is 1. The summed E-state index contributed by atoms with van der Waals surface area (Å²) in [5.74, 6) is 0.979. The zero-order valence-electron chi connectivity index (χ0n) is 15.1. The third-order valence-corrected chi connectivity index (χ3v) is 4.62. The number of carbonyl (C=O) groups excluding carboxylic acids is 2. The number of carbonyl (C=O) groups is 2. The molecule has 26 heavy (non-hydrogen) atoms. The van der Waals surface area contributed by atoms with E-state index in [1.54, 1.807) is 61.4 Å². The first-order valence-corrected chi connectivity index (χ1v) is 8.41. The molecule has 0 aliphatic carbocycles. The van der Waals surface area contributed by atoms with Gasteiger partial charge in [-0.2, -0.15) is 0 Å². The fraction of sp³-hybridized carbons (Fsp3) is 0.368. The molecule has 2 aromatic rings. The van der Waals surface area contributed by atoms with Crippen molar-refractivity contribution in [3.05, 3.63) is 42.4 Å². The van der Waals surface area contributed by atoms with Crippen LogP contribution in [0.4, 0.5) is 5.69 Å². The van der Waals surface area contributed by atoms with Crippen LogP contribution in [-0.2, 0) is 4.79 Å². The zero-order chi connectivity index (χ0) is 18.7. The molecule has 1 saturated heterocycles. The maximum atomic E-state index is 13.0. The summed E-state index contributed by atoms with van der Waals surface area (Å²) in [6.45, 7) is 0.537. The van der Waals surface area contributed by atoms with E-state index in [2.05, 4.69) is 0 Å². The number of amides is 2. The van der Waals surface area contributed by atoms with E-state index in [9.17, 15) is 9.59 Å². The van der Waals surface area contributed by atoms with Gasteiger partial charge in [0.15, 0.2) is 17.3 Å². The molecule has 1 aliphatic rings. The Morgan fingerprint density at radius 1 is 1.19 bits per heavy atom. The SMILES string of the molecule is COc1ccc(N(C)C(=O)C2CCCN2C(=O)c2ccco2)cc1OC. The number of anilines is 1. The first kappa shape index (κ1) is 17.8. The van der Waals surface area contributed by atoms with Crippen LogP contribution < -0.4 is 14.4 Å². The molecule has 1 aliphatic heterocycles. The highest BCUT2D eigenvalue weighted by atomic mass is 16.5. The van der Waals surface area contributed by atoms with Gasteiger partial charge in [0.2, 0.25) is 5.91 Å². The number of rotatable bonds is 5. The summed E-state index contributed by atoms with van der Waals surface area (Å²) in [5, 5.41) is 0. The fourth-order valence-corrected chi connectivity index (χ4v) is 3.19. The standard InChI is InChI=1S/C19H22N2O5/c1-20(13-8-9-15(24-2)17(12-13)25-3)18(22)14-6-4-10-21(14)19(23)16-7-5-11-26-16/h5,7-9,11-12,14H,4,6,10H2,1-3H3. The van der Waals surface area contributed by atoms with Gasteiger partial charge in [0.05, 0.1) is 20.5 Å². The van der Waals surface area contributed by atoms with Crippen LogP contribution in [0.25, 0.3) is 0 Å². The van der Waals surface area contributed by atoms with Crippen LogP contribution in [0.2, 0.25) is 0 Å². The third-order valence-electron chi connectivity index (χ3n) is 4.62. The molecule has 0 N–H and O–H groups in total. The molecular formula is C19H22N2O5. The molecule has 3 rings (SSSR count). The number of nitrogens with zero attached hydrogens (tertiary/aromatic N) is 2. The lowest BCUT2D eigenvalue weighted by Gasteiger charge is -2.28. The van der Waals surface area contributed by atoms with E-state index < -0.39 is 6.04 Å². The van der Waals surface area contributed by atoms with Gasteiger partial charge in [0, 0.05) is 25.3 Å². The molecule has 0 saturated carbocycles. The summed E-state index contributed by atoms with van der Waals surface area (Å²) in [4.78, 5) is 28.7. The quantitative estimate of drug-likeness (QED) is 0.821. The number of methoxy groups -OCH3 is 2. The maximum absolute atomic E-state index is 13.0. The first-order valence-electron chi connectivity index (χ1n) is 8.41. The molecule has 2 amide bonds. The van der Waals surface area contributed by atoms with E-state index in [0.717, 1.165) is 6.42 Å². The monoisotopic (exact) mass is 358 g/mol. The predicted molar refractivity (Wildman–Crippen MR) is 95.7 cm³/mol. The smallest absolute Gasteiger partial charge is 0.290 e. The van der Waals surface area contributed by atoms with Crippen LogP contribution in [0.5, 0.6) is 11.5 Å². The molecule has 1 aromatic carbocycles. The number of hydrogen-bond acceptors (Lipinski definition) is 5. The number of likely N-dealkylation sites (N-methyl/N-ethyl adjacent to an activating group) is 1. The van der Waals surface area contributed by atoms with Crippen molar-refractivity contribution in [2.45, 2.75) is 18.9 Å². The van der Waals surface area contributed by atoms with Gasteiger partial charge in [-0.3, -0.25) is 9.59 Å². The maximum Gasteiger partial charge on any atom is 0.290 e. The topological polar surface area (TPSA) is 72.2 Å². The van der Waals surface area contributed by atoms with Crippen LogP contribution in [0.1, 0.15) is 23.4 Å². The van der Waals surface area contributed by atoms with Gasteiger partial charge < -0.3 is 23.7 Å². The van der Waals surface area contributed by atoms with Gasteiger partial charge >= 0.3 is 0 Å². The molecule has 138 valence electrons. The van der Waals surface area contributed by atoms with Crippen molar-refractivity contribution in [2.24, 2.45) is 0 Å². The van der Waals surface area contributed by atoms with Crippen molar-refractivity contribution in [1.82, 2.24) is 4.90 Å². The highest BCUT2D eigenvalue weighted by Gasteiger charge is 2.37. The summed E-state index contributed by atoms with van der Waals surface area (Å²) in [6, 6.07) is 8.04. The van der Waals surface area contributed by atoms with Crippen LogP contribution in [0.3, 0.4) is 0 Å². The molecule has 0 bridgehead atoms. The van der Waals surface area contributed by atoms with Gasteiger partial charge in [-0.05, 0) is 37.1 Å². The second-order valence-electron chi connectivity index (χ2n) is 6.07. The Labute approximate surface area is 152 Å². The highest BCUT2D eigenvalue weighted by Crippen LogP contribution is 2.32. The number of ether oxygens (including phenoxy) is 2. The summed E-state index contributed by atoms with van der Waals surface area (Å²) in [5.41, 5.74) is 0.671. The van der Waals surface area contributed by atoms with E-state index in [4.69, 9.17) is 13.9 Å². The van der Waals surface area contributed by atoms with E-state index in [-0.39, 0.29) is 17.6 Å². The van der Waals surface area contributed by atoms with Crippen LogP contribution in [0.15, 0.2) is 41.0 Å². The first-order chi connectivity index (χ1) is 12.6. The van der Waals surface area contributed by atoms with Crippen LogP contribution in [0, 0.1) is 0 Å². The Bertz CT molecular complexity index is 787. The lowest BCUT2D eigenvalue weighted by molar-refractivity contribution is -0.122. The van der Waals surface area contributed by atoms with E-state index in [1.165, 1.54) is 6.26 Å². The highest BCUT2D eigenvalue weighted by molar-refractivity contribution is 6.01. The Morgan fingerprint density at radius 3 is 2.62 bits per heavy atom. The molecule has 7 nitrogen and oxygen atoms in total. The van der Waals surface area contributed by atoms with Crippen molar-refractivity contribution in [2.75, 3.05) is 32.7 Å².